The molecular weight excluding hydrogens is 138 g/mol. The fourth-order valence-corrected chi connectivity index (χ4v) is 2.46. The van der Waals surface area contributed by atoms with Crippen LogP contribution in [-0.2, 0) is 4.79 Å². The first-order chi connectivity index (χ1) is 4.83. The van der Waals surface area contributed by atoms with Gasteiger partial charge in [-0.05, 0) is 20.3 Å². The van der Waals surface area contributed by atoms with Gasteiger partial charge >= 0.3 is 0 Å². The van der Waals surface area contributed by atoms with E-state index < -0.39 is 0 Å². The van der Waals surface area contributed by atoms with Gasteiger partial charge < -0.3 is 5.32 Å². The second-order valence-corrected chi connectivity index (χ2v) is 4.92. The van der Waals surface area contributed by atoms with Crippen LogP contribution in [0.3, 0.4) is 0 Å². The van der Waals surface area contributed by atoms with Crippen molar-refractivity contribution >= 4 is 5.91 Å². The first-order valence-corrected chi connectivity index (χ1v) is 4.16. The topological polar surface area (TPSA) is 29.1 Å². The molecule has 0 aromatic heterocycles. The van der Waals surface area contributed by atoms with Crippen molar-refractivity contribution in [1.82, 2.24) is 5.32 Å². The second kappa shape index (κ2) is 1.35. The Morgan fingerprint density at radius 2 is 1.82 bits per heavy atom. The minimum Gasteiger partial charge on any atom is -0.350 e. The number of carbonyl (C=O) groups is 1. The molecule has 1 aliphatic carbocycles. The number of hydrogen-bond donors (Lipinski definition) is 1. The van der Waals surface area contributed by atoms with Crippen LogP contribution in [0.25, 0.3) is 0 Å². The first kappa shape index (κ1) is 7.14. The van der Waals surface area contributed by atoms with E-state index in [0.717, 1.165) is 6.42 Å². The largest absolute Gasteiger partial charge is 0.350 e. The molecule has 1 N–H and O–H groups in total. The van der Waals surface area contributed by atoms with Crippen LogP contribution < -0.4 is 5.32 Å². The molecule has 1 saturated carbocycles. The summed E-state index contributed by atoms with van der Waals surface area (Å²) in [5.74, 6) is 0.241. The van der Waals surface area contributed by atoms with Crippen LogP contribution in [0.4, 0.5) is 0 Å². The molecule has 62 valence electrons. The summed E-state index contributed by atoms with van der Waals surface area (Å²) in [6.07, 6.45) is 1.05. The molecule has 1 heterocycles. The highest BCUT2D eigenvalue weighted by Gasteiger charge is 2.76. The van der Waals surface area contributed by atoms with Crippen molar-refractivity contribution in [3.63, 3.8) is 0 Å². The average molecular weight is 153 g/mol. The van der Waals surface area contributed by atoms with Crippen molar-refractivity contribution in [1.29, 1.82) is 0 Å². The predicted molar refractivity (Wildman–Crippen MR) is 43.1 cm³/mol. The van der Waals surface area contributed by atoms with Crippen molar-refractivity contribution in [2.75, 3.05) is 0 Å². The lowest BCUT2D eigenvalue weighted by Crippen LogP contribution is -2.43. The number of hydrogen-bond acceptors (Lipinski definition) is 1. The van der Waals surface area contributed by atoms with Crippen molar-refractivity contribution in [2.24, 2.45) is 10.8 Å². The minimum atomic E-state index is -0.0590. The highest BCUT2D eigenvalue weighted by atomic mass is 16.2. The molecule has 11 heavy (non-hydrogen) atoms. The highest BCUT2D eigenvalue weighted by molar-refractivity contribution is 5.91. The number of piperidine rings is 1. The molecule has 2 fully saturated rings. The lowest BCUT2D eigenvalue weighted by atomic mass is 9.84. The van der Waals surface area contributed by atoms with Gasteiger partial charge in [0.15, 0.2) is 0 Å². The van der Waals surface area contributed by atoms with Gasteiger partial charge in [-0.25, -0.2) is 0 Å². The standard InChI is InChI=1S/C9H15NO/c1-7(2)9(4)5-8(9,3)6(11)10-7/h5H2,1-4H3,(H,10,11). The van der Waals surface area contributed by atoms with Crippen molar-refractivity contribution in [3.8, 4) is 0 Å². The van der Waals surface area contributed by atoms with E-state index in [9.17, 15) is 4.79 Å². The maximum atomic E-state index is 11.4. The van der Waals surface area contributed by atoms with E-state index in [-0.39, 0.29) is 22.3 Å². The monoisotopic (exact) mass is 153 g/mol. The quantitative estimate of drug-likeness (QED) is 0.558. The molecule has 2 rings (SSSR count). The maximum absolute atomic E-state index is 11.4. The molecule has 1 aliphatic heterocycles. The van der Waals surface area contributed by atoms with Crippen LogP contribution in [0.5, 0.6) is 0 Å². The minimum absolute atomic E-state index is 0.00116. The van der Waals surface area contributed by atoms with Gasteiger partial charge in [-0.15, -0.1) is 0 Å². The molecule has 2 atom stereocenters. The van der Waals surface area contributed by atoms with Crippen molar-refractivity contribution in [2.45, 2.75) is 39.7 Å². The molecule has 1 saturated heterocycles. The fraction of sp³-hybridized carbons (Fsp3) is 0.889. The van der Waals surface area contributed by atoms with E-state index in [1.54, 1.807) is 0 Å². The van der Waals surface area contributed by atoms with Crippen LogP contribution in [-0.4, -0.2) is 11.4 Å². The van der Waals surface area contributed by atoms with E-state index in [1.165, 1.54) is 0 Å². The normalized spacial score (nSPS) is 51.8. The number of carbonyl (C=O) groups excluding carboxylic acids is 1. The van der Waals surface area contributed by atoms with Gasteiger partial charge in [0, 0.05) is 11.0 Å². The van der Waals surface area contributed by atoms with E-state index in [4.69, 9.17) is 0 Å². The molecule has 0 spiro atoms. The average Bonchev–Trinajstić information content (AvgIpc) is 2.33. The van der Waals surface area contributed by atoms with E-state index >= 15 is 0 Å². The van der Waals surface area contributed by atoms with E-state index in [1.807, 2.05) is 0 Å². The van der Waals surface area contributed by atoms with Crippen molar-refractivity contribution in [3.05, 3.63) is 0 Å². The summed E-state index contributed by atoms with van der Waals surface area (Å²) >= 11 is 0. The maximum Gasteiger partial charge on any atom is 0.227 e. The number of amides is 1. The summed E-state index contributed by atoms with van der Waals surface area (Å²) in [4.78, 5) is 11.4. The molecule has 2 heteroatoms. The van der Waals surface area contributed by atoms with Crippen LogP contribution in [0, 0.1) is 10.8 Å². The van der Waals surface area contributed by atoms with E-state index in [2.05, 4.69) is 33.0 Å². The number of rotatable bonds is 0. The van der Waals surface area contributed by atoms with Gasteiger partial charge in [-0.3, -0.25) is 4.79 Å². The zero-order valence-electron chi connectivity index (χ0n) is 7.62. The van der Waals surface area contributed by atoms with Gasteiger partial charge in [0.2, 0.25) is 5.91 Å². The third-order valence-corrected chi connectivity index (χ3v) is 4.11. The SMILES string of the molecule is CC1(C)NC(=O)C2(C)CC12C. The van der Waals surface area contributed by atoms with Gasteiger partial charge in [-0.1, -0.05) is 13.8 Å². The second-order valence-electron chi connectivity index (χ2n) is 4.92. The molecule has 2 aliphatic rings. The van der Waals surface area contributed by atoms with Gasteiger partial charge in [0.25, 0.3) is 0 Å². The zero-order valence-corrected chi connectivity index (χ0v) is 7.62. The fourth-order valence-electron chi connectivity index (χ4n) is 2.46. The highest BCUT2D eigenvalue weighted by Crippen LogP contribution is 2.72. The smallest absolute Gasteiger partial charge is 0.227 e. The molecule has 2 nitrogen and oxygen atoms in total. The summed E-state index contributed by atoms with van der Waals surface area (Å²) in [5.41, 5.74) is 0.145. The van der Waals surface area contributed by atoms with Gasteiger partial charge in [-0.2, -0.15) is 0 Å². The summed E-state index contributed by atoms with van der Waals surface area (Å²) in [6.45, 7) is 8.49. The summed E-state index contributed by atoms with van der Waals surface area (Å²) in [7, 11) is 0. The van der Waals surface area contributed by atoms with Crippen molar-refractivity contribution < 1.29 is 4.79 Å². The zero-order chi connectivity index (χ0) is 8.49. The van der Waals surface area contributed by atoms with Gasteiger partial charge in [0.05, 0.1) is 5.41 Å². The Kier molecular flexibility index (Phi) is 0.873. The third kappa shape index (κ3) is 0.501. The Morgan fingerprint density at radius 1 is 1.27 bits per heavy atom. The molecular formula is C9H15NO. The molecule has 1 amide bonds. The third-order valence-electron chi connectivity index (χ3n) is 4.11. The Hall–Kier alpha value is -0.530. The Morgan fingerprint density at radius 3 is 1.91 bits per heavy atom. The van der Waals surface area contributed by atoms with Crippen LogP contribution in [0.1, 0.15) is 34.1 Å². The van der Waals surface area contributed by atoms with Crippen LogP contribution in [0.15, 0.2) is 0 Å². The number of fused-ring (bicyclic) bond motifs is 1. The first-order valence-electron chi connectivity index (χ1n) is 4.16. The lowest BCUT2D eigenvalue weighted by Gasteiger charge is -2.27. The summed E-state index contributed by atoms with van der Waals surface area (Å²) in [5, 5.41) is 3.03. The van der Waals surface area contributed by atoms with Crippen LogP contribution in [0.2, 0.25) is 0 Å². The molecule has 0 radical (unpaired) electrons. The van der Waals surface area contributed by atoms with E-state index in [0.29, 0.717) is 0 Å². The lowest BCUT2D eigenvalue weighted by molar-refractivity contribution is -0.124. The Balaban J connectivity index is 2.45. The summed E-state index contributed by atoms with van der Waals surface area (Å²) < 4.78 is 0. The predicted octanol–water partition coefficient (Wildman–Crippen LogP) is 1.31. The number of nitrogens with one attached hydrogen (secondary N) is 1. The Bertz CT molecular complexity index is 246. The van der Waals surface area contributed by atoms with Gasteiger partial charge in [0.1, 0.15) is 0 Å². The molecule has 0 aromatic rings. The summed E-state index contributed by atoms with van der Waals surface area (Å²) in [6, 6.07) is 0. The molecule has 2 unspecified atom stereocenters. The molecule has 0 aromatic carbocycles. The van der Waals surface area contributed by atoms with Crippen LogP contribution >= 0.6 is 0 Å². The molecule has 0 bridgehead atoms. The Labute approximate surface area is 67.4 Å².